The lowest BCUT2D eigenvalue weighted by atomic mass is 9.51. The predicted octanol–water partition coefficient (Wildman–Crippen LogP) is 5.57. The minimum atomic E-state index is -0.515. The maximum atomic E-state index is 12.1. The number of carbonyl (C=O) groups is 1. The summed E-state index contributed by atoms with van der Waals surface area (Å²) in [6, 6.07) is 0. The summed E-state index contributed by atoms with van der Waals surface area (Å²) in [5.74, 6) is 4.15. The molecule has 4 saturated carbocycles. The van der Waals surface area contributed by atoms with E-state index in [1.54, 1.807) is 5.57 Å². The summed E-state index contributed by atoms with van der Waals surface area (Å²) in [6.07, 6.45) is 16.6. The molecule has 0 radical (unpaired) electrons. The van der Waals surface area contributed by atoms with Crippen molar-refractivity contribution in [3.05, 3.63) is 11.1 Å². The van der Waals surface area contributed by atoms with E-state index in [1.807, 2.05) is 0 Å². The first-order valence-electron chi connectivity index (χ1n) is 10.7. The van der Waals surface area contributed by atoms with E-state index in [-0.39, 0.29) is 0 Å². The molecule has 0 saturated heterocycles. The highest BCUT2D eigenvalue weighted by Gasteiger charge is 2.54. The van der Waals surface area contributed by atoms with Crippen molar-refractivity contribution in [2.24, 2.45) is 35.0 Å². The Morgan fingerprint density at radius 2 is 1.71 bits per heavy atom. The molecule has 2 heteroatoms. The maximum Gasteiger partial charge on any atom is 0.313 e. The van der Waals surface area contributed by atoms with Crippen molar-refractivity contribution in [3.63, 3.8) is 0 Å². The Morgan fingerprint density at radius 3 is 2.58 bits per heavy atom. The number of hydrogen-bond donors (Lipinski definition) is 1. The summed E-state index contributed by atoms with van der Waals surface area (Å²) < 4.78 is 0. The lowest BCUT2D eigenvalue weighted by Gasteiger charge is -2.54. The molecular formula is C22H32O2. The molecule has 5 rings (SSSR count). The van der Waals surface area contributed by atoms with Crippen molar-refractivity contribution >= 4 is 5.97 Å². The highest BCUT2D eigenvalue weighted by Crippen LogP contribution is 2.61. The van der Waals surface area contributed by atoms with Crippen LogP contribution in [0, 0.1) is 35.0 Å². The van der Waals surface area contributed by atoms with Crippen LogP contribution < -0.4 is 0 Å². The van der Waals surface area contributed by atoms with E-state index in [4.69, 9.17) is 0 Å². The van der Waals surface area contributed by atoms with E-state index in [1.165, 1.54) is 63.4 Å². The van der Waals surface area contributed by atoms with Crippen LogP contribution in [0.25, 0.3) is 0 Å². The zero-order chi connectivity index (χ0) is 16.3. The topological polar surface area (TPSA) is 37.3 Å². The third-order valence-electron chi connectivity index (χ3n) is 8.94. The normalized spacial score (nSPS) is 47.4. The zero-order valence-electron chi connectivity index (χ0n) is 14.9. The maximum absolute atomic E-state index is 12.1. The van der Waals surface area contributed by atoms with Gasteiger partial charge in [-0.1, -0.05) is 30.4 Å². The Morgan fingerprint density at radius 1 is 0.833 bits per heavy atom. The summed E-state index contributed by atoms with van der Waals surface area (Å²) in [4.78, 5) is 12.1. The van der Waals surface area contributed by atoms with E-state index in [0.29, 0.717) is 0 Å². The van der Waals surface area contributed by atoms with Crippen molar-refractivity contribution < 1.29 is 9.90 Å². The summed E-state index contributed by atoms with van der Waals surface area (Å²) >= 11 is 0. The van der Waals surface area contributed by atoms with Gasteiger partial charge in [0.05, 0.1) is 5.41 Å². The third kappa shape index (κ3) is 2.04. The first-order valence-corrected chi connectivity index (χ1v) is 10.7. The van der Waals surface area contributed by atoms with E-state index < -0.39 is 11.4 Å². The Balaban J connectivity index is 1.48. The largest absolute Gasteiger partial charge is 0.481 e. The number of rotatable bonds is 1. The molecule has 0 heterocycles. The van der Waals surface area contributed by atoms with Gasteiger partial charge in [-0.15, -0.1) is 0 Å². The lowest BCUT2D eigenvalue weighted by Crippen LogP contribution is -2.45. The third-order valence-corrected chi connectivity index (χ3v) is 8.94. The monoisotopic (exact) mass is 328 g/mol. The smallest absolute Gasteiger partial charge is 0.313 e. The zero-order valence-corrected chi connectivity index (χ0v) is 14.9. The van der Waals surface area contributed by atoms with Crippen molar-refractivity contribution in [2.45, 2.75) is 83.5 Å². The van der Waals surface area contributed by atoms with Gasteiger partial charge >= 0.3 is 5.97 Å². The Bertz CT molecular complexity index is 577. The van der Waals surface area contributed by atoms with Crippen molar-refractivity contribution in [3.8, 4) is 0 Å². The van der Waals surface area contributed by atoms with E-state index in [0.717, 1.165) is 55.3 Å². The van der Waals surface area contributed by atoms with Gasteiger partial charge in [-0.25, -0.2) is 0 Å². The van der Waals surface area contributed by atoms with Crippen LogP contribution in [0.2, 0.25) is 0 Å². The van der Waals surface area contributed by atoms with Crippen molar-refractivity contribution in [1.29, 1.82) is 0 Å². The second-order valence-corrected chi connectivity index (χ2v) is 9.54. The van der Waals surface area contributed by atoms with Crippen LogP contribution >= 0.6 is 0 Å². The van der Waals surface area contributed by atoms with Crippen LogP contribution in [0.5, 0.6) is 0 Å². The second kappa shape index (κ2) is 5.61. The standard InChI is InChI=1S/C22H32O2/c23-21(24)22-12-3-6-20(22)19-10-9-16-15-5-2-1-4-14(15)7-8-17(16)18(19)11-13-22/h14-18H,1-13H2,(H,23,24). The fourth-order valence-electron chi connectivity index (χ4n) is 8.00. The van der Waals surface area contributed by atoms with Crippen LogP contribution in [0.1, 0.15) is 83.5 Å². The second-order valence-electron chi connectivity index (χ2n) is 9.54. The van der Waals surface area contributed by atoms with E-state index in [2.05, 4.69) is 0 Å². The fraction of sp³-hybridized carbons (Fsp3) is 0.864. The summed E-state index contributed by atoms with van der Waals surface area (Å²) in [7, 11) is 0. The molecule has 0 aromatic carbocycles. The Labute approximate surface area is 146 Å². The Kier molecular flexibility index (Phi) is 3.61. The molecule has 1 N–H and O–H groups in total. The number of aliphatic carboxylic acids is 1. The highest BCUT2D eigenvalue weighted by molar-refractivity contribution is 5.80. The average Bonchev–Trinajstić information content (AvgIpc) is 3.07. The van der Waals surface area contributed by atoms with Crippen LogP contribution in [0.3, 0.4) is 0 Å². The lowest BCUT2D eigenvalue weighted by molar-refractivity contribution is -0.147. The van der Waals surface area contributed by atoms with Gasteiger partial charge < -0.3 is 5.11 Å². The van der Waals surface area contributed by atoms with Crippen LogP contribution in [0.4, 0.5) is 0 Å². The number of fused-ring (bicyclic) bond motifs is 6. The molecule has 132 valence electrons. The molecule has 0 amide bonds. The molecule has 2 nitrogen and oxygen atoms in total. The average molecular weight is 328 g/mol. The van der Waals surface area contributed by atoms with Crippen molar-refractivity contribution in [1.82, 2.24) is 0 Å². The molecule has 0 bridgehead atoms. The molecule has 0 aromatic rings. The van der Waals surface area contributed by atoms with E-state index >= 15 is 0 Å². The van der Waals surface area contributed by atoms with Gasteiger partial charge in [0.1, 0.15) is 0 Å². The predicted molar refractivity (Wildman–Crippen MR) is 94.6 cm³/mol. The number of hydrogen-bond acceptors (Lipinski definition) is 1. The molecule has 0 aliphatic heterocycles. The summed E-state index contributed by atoms with van der Waals surface area (Å²) in [6.45, 7) is 0. The molecule has 0 aromatic heterocycles. The quantitative estimate of drug-likeness (QED) is 0.638. The summed E-state index contributed by atoms with van der Waals surface area (Å²) in [5.41, 5.74) is 2.62. The van der Waals surface area contributed by atoms with Gasteiger partial charge in [0.2, 0.25) is 0 Å². The minimum Gasteiger partial charge on any atom is -0.481 e. The highest BCUT2D eigenvalue weighted by atomic mass is 16.4. The number of carboxylic acids is 1. The van der Waals surface area contributed by atoms with Gasteiger partial charge in [0.15, 0.2) is 0 Å². The van der Waals surface area contributed by atoms with Gasteiger partial charge in [-0.05, 0) is 93.8 Å². The number of allylic oxidation sites excluding steroid dienone is 1. The molecular weight excluding hydrogens is 296 g/mol. The molecule has 5 aliphatic carbocycles. The van der Waals surface area contributed by atoms with Gasteiger partial charge in [-0.2, -0.15) is 0 Å². The first kappa shape index (κ1) is 15.5. The van der Waals surface area contributed by atoms with Gasteiger partial charge in [-0.3, -0.25) is 4.79 Å². The molecule has 24 heavy (non-hydrogen) atoms. The van der Waals surface area contributed by atoms with E-state index in [9.17, 15) is 9.90 Å². The molecule has 5 aliphatic rings. The fourth-order valence-corrected chi connectivity index (χ4v) is 8.00. The molecule has 0 spiro atoms. The van der Waals surface area contributed by atoms with Crippen LogP contribution in [0.15, 0.2) is 11.1 Å². The van der Waals surface area contributed by atoms with Crippen LogP contribution in [-0.4, -0.2) is 11.1 Å². The molecule has 6 atom stereocenters. The first-order chi connectivity index (χ1) is 11.7. The summed E-state index contributed by atoms with van der Waals surface area (Å²) in [5, 5.41) is 9.94. The Hall–Kier alpha value is -0.790. The SMILES string of the molecule is O=C(O)C12CCCC1=C1CCC3C4CCCCC4CCC3C1CC2. The molecule has 6 unspecified atom stereocenters. The molecule has 4 fully saturated rings. The van der Waals surface area contributed by atoms with Crippen molar-refractivity contribution in [2.75, 3.05) is 0 Å². The van der Waals surface area contributed by atoms with Gasteiger partial charge in [0.25, 0.3) is 0 Å². The minimum absolute atomic E-state index is 0.444. The number of carboxylic acid groups (broad SMARTS) is 1. The van der Waals surface area contributed by atoms with Gasteiger partial charge in [0, 0.05) is 0 Å². The van der Waals surface area contributed by atoms with Crippen LogP contribution in [-0.2, 0) is 4.79 Å².